The van der Waals surface area contributed by atoms with Gasteiger partial charge in [0.05, 0.1) is 11.8 Å². The molecule has 0 N–H and O–H groups in total. The quantitative estimate of drug-likeness (QED) is 0.434. The van der Waals surface area contributed by atoms with E-state index in [1.165, 1.54) is 39.8 Å². The third-order valence-corrected chi connectivity index (χ3v) is 6.95. The summed E-state index contributed by atoms with van der Waals surface area (Å²) in [4.78, 5) is 1.02. The lowest BCUT2D eigenvalue weighted by Gasteiger charge is -2.29. The molecular weight excluding hydrogens is 410 g/mol. The number of benzene rings is 1. The van der Waals surface area contributed by atoms with Crippen molar-refractivity contribution in [2.45, 2.75) is 58.3 Å². The fourth-order valence-electron chi connectivity index (χ4n) is 4.39. The number of hydrogen-bond donors (Lipinski definition) is 0. The lowest BCUT2D eigenvalue weighted by Crippen LogP contribution is -2.48. The molecule has 7 heteroatoms. The molecule has 29 heavy (non-hydrogen) atoms. The first-order valence-corrected chi connectivity index (χ1v) is 10.0. The average Bonchev–Trinajstić information content (AvgIpc) is 2.91. The van der Waals surface area contributed by atoms with Crippen LogP contribution in [-0.4, -0.2) is 17.8 Å². The van der Waals surface area contributed by atoms with Crippen LogP contribution in [0, 0.1) is 26.7 Å². The summed E-state index contributed by atoms with van der Waals surface area (Å²) in [6.07, 6.45) is 0. The van der Waals surface area contributed by atoms with Crippen LogP contribution >= 0.6 is 11.3 Å². The Morgan fingerprint density at radius 3 is 1.83 bits per heavy atom. The molecule has 1 aromatic heterocycles. The number of halogens is 6. The zero-order chi connectivity index (χ0) is 21.9. The summed E-state index contributed by atoms with van der Waals surface area (Å²) in [6, 6.07) is 7.77. The molecule has 1 heterocycles. The molecular formula is C22H22F6S. The molecule has 1 aliphatic rings. The minimum absolute atomic E-state index is 0.0889. The number of allylic oxidation sites excluding steroid dienone is 2. The Hall–Kier alpha value is -1.76. The van der Waals surface area contributed by atoms with Crippen molar-refractivity contribution < 1.29 is 26.3 Å². The molecule has 0 radical (unpaired) electrons. The van der Waals surface area contributed by atoms with Crippen molar-refractivity contribution >= 4 is 16.9 Å². The Morgan fingerprint density at radius 2 is 1.38 bits per heavy atom. The standard InChI is InChI=1S/C22H22F6S/c1-11(2)16(15-9-7-6-8-10-15)18-19(17-12(3)13(4)29-14(17)5)21(25,26)22(27,28)20(18,23)24/h6-10,18-19H,1-5H3. The van der Waals surface area contributed by atoms with E-state index in [1.807, 2.05) is 0 Å². The molecule has 1 saturated carbocycles. The summed E-state index contributed by atoms with van der Waals surface area (Å²) < 4.78 is 89.6. The van der Waals surface area contributed by atoms with E-state index in [4.69, 9.17) is 0 Å². The molecule has 3 rings (SSSR count). The molecule has 158 valence electrons. The second kappa shape index (κ2) is 6.89. The highest BCUT2D eigenvalue weighted by molar-refractivity contribution is 7.12. The molecule has 2 atom stereocenters. The van der Waals surface area contributed by atoms with Crippen molar-refractivity contribution in [1.29, 1.82) is 0 Å². The first-order valence-electron chi connectivity index (χ1n) is 9.19. The van der Waals surface area contributed by atoms with Crippen LogP contribution in [-0.2, 0) is 0 Å². The Morgan fingerprint density at radius 1 is 0.828 bits per heavy atom. The third-order valence-electron chi connectivity index (χ3n) is 5.81. The Kier molecular flexibility index (Phi) is 5.22. The molecule has 2 aromatic rings. The van der Waals surface area contributed by atoms with Crippen LogP contribution in [0.5, 0.6) is 0 Å². The van der Waals surface area contributed by atoms with Crippen molar-refractivity contribution in [3.8, 4) is 0 Å². The van der Waals surface area contributed by atoms with Crippen molar-refractivity contribution in [2.75, 3.05) is 0 Å². The van der Waals surface area contributed by atoms with Crippen LogP contribution in [0.2, 0.25) is 0 Å². The lowest BCUT2D eigenvalue weighted by atomic mass is 9.76. The summed E-state index contributed by atoms with van der Waals surface area (Å²) in [5.41, 5.74) is 0.686. The van der Waals surface area contributed by atoms with Gasteiger partial charge in [-0.1, -0.05) is 35.9 Å². The Balaban J connectivity index is 2.39. The third kappa shape index (κ3) is 2.95. The maximum Gasteiger partial charge on any atom is 0.373 e. The van der Waals surface area contributed by atoms with Gasteiger partial charge in [-0.2, -0.15) is 26.3 Å². The highest BCUT2D eigenvalue weighted by atomic mass is 32.1. The fraction of sp³-hybridized carbons (Fsp3) is 0.455. The van der Waals surface area contributed by atoms with Crippen LogP contribution in [0.15, 0.2) is 35.9 Å². The largest absolute Gasteiger partial charge is 0.373 e. The number of alkyl halides is 6. The summed E-state index contributed by atoms with van der Waals surface area (Å²) >= 11 is 1.16. The summed E-state index contributed by atoms with van der Waals surface area (Å²) in [5, 5.41) is 0. The molecule has 0 spiro atoms. The first-order chi connectivity index (χ1) is 13.3. The van der Waals surface area contributed by atoms with Gasteiger partial charge < -0.3 is 0 Å². The van der Waals surface area contributed by atoms with E-state index in [0.29, 0.717) is 20.9 Å². The van der Waals surface area contributed by atoms with Gasteiger partial charge in [-0.15, -0.1) is 11.3 Å². The van der Waals surface area contributed by atoms with E-state index >= 15 is 17.6 Å². The summed E-state index contributed by atoms with van der Waals surface area (Å²) in [6.45, 7) is 7.70. The van der Waals surface area contributed by atoms with E-state index in [-0.39, 0.29) is 16.7 Å². The second-order valence-corrected chi connectivity index (χ2v) is 9.24. The maximum atomic E-state index is 15.1. The molecule has 0 saturated heterocycles. The van der Waals surface area contributed by atoms with Crippen LogP contribution in [0.4, 0.5) is 26.3 Å². The van der Waals surface area contributed by atoms with Gasteiger partial charge in [-0.05, 0) is 56.9 Å². The molecule has 1 aromatic carbocycles. The summed E-state index contributed by atoms with van der Waals surface area (Å²) in [7, 11) is 0. The molecule has 1 fully saturated rings. The minimum Gasteiger partial charge on any atom is -0.199 e. The van der Waals surface area contributed by atoms with E-state index in [1.54, 1.807) is 25.1 Å². The Labute approximate surface area is 170 Å². The second-order valence-electron chi connectivity index (χ2n) is 7.81. The van der Waals surface area contributed by atoms with Crippen LogP contribution in [0.25, 0.3) is 5.57 Å². The maximum absolute atomic E-state index is 15.1. The van der Waals surface area contributed by atoms with E-state index in [2.05, 4.69) is 0 Å². The average molecular weight is 432 g/mol. The van der Waals surface area contributed by atoms with Crippen molar-refractivity contribution in [3.63, 3.8) is 0 Å². The van der Waals surface area contributed by atoms with E-state index < -0.39 is 29.6 Å². The lowest BCUT2D eigenvalue weighted by molar-refractivity contribution is -0.276. The predicted octanol–water partition coefficient (Wildman–Crippen LogP) is 7.79. The van der Waals surface area contributed by atoms with Gasteiger partial charge in [0.15, 0.2) is 0 Å². The molecule has 2 unspecified atom stereocenters. The van der Waals surface area contributed by atoms with Gasteiger partial charge in [0.1, 0.15) is 0 Å². The van der Waals surface area contributed by atoms with Crippen molar-refractivity contribution in [1.82, 2.24) is 0 Å². The topological polar surface area (TPSA) is 0 Å². The number of aryl methyl sites for hydroxylation is 2. The smallest absolute Gasteiger partial charge is 0.199 e. The zero-order valence-electron chi connectivity index (χ0n) is 16.7. The van der Waals surface area contributed by atoms with Gasteiger partial charge in [0.25, 0.3) is 0 Å². The van der Waals surface area contributed by atoms with Crippen molar-refractivity contribution in [3.05, 3.63) is 62.3 Å². The summed E-state index contributed by atoms with van der Waals surface area (Å²) in [5.74, 6) is -20.0. The highest BCUT2D eigenvalue weighted by Gasteiger charge is 2.85. The molecule has 0 bridgehead atoms. The molecule has 0 aliphatic heterocycles. The predicted molar refractivity (Wildman–Crippen MR) is 104 cm³/mol. The number of thiophene rings is 1. The van der Waals surface area contributed by atoms with Crippen molar-refractivity contribution in [2.24, 2.45) is 5.92 Å². The normalized spacial score (nSPS) is 24.5. The fourth-order valence-corrected chi connectivity index (χ4v) is 5.50. The van der Waals surface area contributed by atoms with E-state index in [0.717, 1.165) is 11.3 Å². The minimum atomic E-state index is -5.47. The Bertz CT molecular complexity index is 951. The number of rotatable bonds is 3. The SMILES string of the molecule is CC(C)=C(c1ccccc1)C1C(c2c(C)sc(C)c2C)C(F)(F)C(F)(F)C1(F)F. The van der Waals surface area contributed by atoms with Crippen LogP contribution in [0.3, 0.4) is 0 Å². The molecule has 1 aliphatic carbocycles. The molecule has 0 nitrogen and oxygen atoms in total. The number of hydrogen-bond acceptors (Lipinski definition) is 1. The first kappa shape index (κ1) is 21.9. The monoisotopic (exact) mass is 432 g/mol. The van der Waals surface area contributed by atoms with Gasteiger partial charge in [0, 0.05) is 9.75 Å². The van der Waals surface area contributed by atoms with Gasteiger partial charge >= 0.3 is 17.8 Å². The highest BCUT2D eigenvalue weighted by Crippen LogP contribution is 2.69. The van der Waals surface area contributed by atoms with Gasteiger partial charge in [-0.3, -0.25) is 0 Å². The van der Waals surface area contributed by atoms with E-state index in [9.17, 15) is 8.78 Å². The zero-order valence-corrected chi connectivity index (χ0v) is 17.5. The van der Waals surface area contributed by atoms with Gasteiger partial charge in [0.2, 0.25) is 0 Å². The van der Waals surface area contributed by atoms with Crippen LogP contribution < -0.4 is 0 Å². The molecule has 0 amide bonds. The van der Waals surface area contributed by atoms with Gasteiger partial charge in [-0.25, -0.2) is 0 Å². The van der Waals surface area contributed by atoms with Crippen LogP contribution in [0.1, 0.15) is 46.2 Å².